The maximum absolute atomic E-state index is 12.8. The second-order valence-corrected chi connectivity index (χ2v) is 8.12. The first-order valence-corrected chi connectivity index (χ1v) is 11.5. The highest BCUT2D eigenvalue weighted by atomic mass is 16.5. The van der Waals surface area contributed by atoms with E-state index in [1.54, 1.807) is 14.2 Å². The molecule has 0 aliphatic carbocycles. The summed E-state index contributed by atoms with van der Waals surface area (Å²) in [5.74, 6) is 1.21. The number of hydrogen-bond donors (Lipinski definition) is 2. The largest absolute Gasteiger partial charge is 0.493 e. The van der Waals surface area contributed by atoms with Crippen LogP contribution in [0.5, 0.6) is 11.5 Å². The number of carbonyl (C=O) groups is 2. The molecule has 176 valence electrons. The van der Waals surface area contributed by atoms with Crippen LogP contribution >= 0.6 is 0 Å². The Kier molecular flexibility index (Phi) is 8.46. The van der Waals surface area contributed by atoms with Crippen molar-refractivity contribution in [3.8, 4) is 11.5 Å². The van der Waals surface area contributed by atoms with E-state index in [0.717, 1.165) is 41.8 Å². The molecule has 33 heavy (non-hydrogen) atoms. The van der Waals surface area contributed by atoms with Gasteiger partial charge >= 0.3 is 0 Å². The number of carbonyl (C=O) groups excluding carboxylic acids is 2. The first-order valence-electron chi connectivity index (χ1n) is 11.5. The molecule has 2 N–H and O–H groups in total. The van der Waals surface area contributed by atoms with Gasteiger partial charge in [-0.15, -0.1) is 0 Å². The molecule has 2 aromatic carbocycles. The molecule has 0 saturated heterocycles. The summed E-state index contributed by atoms with van der Waals surface area (Å²) in [6, 6.07) is 12.6. The lowest BCUT2D eigenvalue weighted by Gasteiger charge is -2.28. The molecule has 7 nitrogen and oxygen atoms in total. The molecule has 1 aliphatic rings. The first kappa shape index (κ1) is 24.3. The fourth-order valence-corrected chi connectivity index (χ4v) is 3.87. The Bertz CT molecular complexity index is 1000. The Hall–Kier alpha value is -3.35. The van der Waals surface area contributed by atoms with E-state index in [2.05, 4.69) is 17.6 Å². The predicted octanol–water partition coefficient (Wildman–Crippen LogP) is 4.14. The molecule has 2 amide bonds. The van der Waals surface area contributed by atoms with E-state index in [4.69, 9.17) is 14.5 Å². The van der Waals surface area contributed by atoms with E-state index in [-0.39, 0.29) is 17.9 Å². The number of aliphatic imine (C=N–C) groups is 1. The van der Waals surface area contributed by atoms with Gasteiger partial charge in [-0.1, -0.05) is 32.4 Å². The van der Waals surface area contributed by atoms with E-state index in [0.29, 0.717) is 24.3 Å². The quantitative estimate of drug-likeness (QED) is 0.568. The van der Waals surface area contributed by atoms with Crippen LogP contribution in [0.4, 0.5) is 5.69 Å². The summed E-state index contributed by atoms with van der Waals surface area (Å²) in [7, 11) is 3.20. The third kappa shape index (κ3) is 6.12. The number of nitrogens with one attached hydrogen (secondary N) is 2. The highest BCUT2D eigenvalue weighted by molar-refractivity contribution is 6.09. The van der Waals surface area contributed by atoms with Crippen LogP contribution in [0.15, 0.2) is 47.5 Å². The zero-order valence-corrected chi connectivity index (χ0v) is 19.8. The van der Waals surface area contributed by atoms with Crippen molar-refractivity contribution in [1.82, 2.24) is 5.32 Å². The maximum Gasteiger partial charge on any atom is 0.245 e. The molecule has 1 heterocycles. The van der Waals surface area contributed by atoms with Crippen molar-refractivity contribution < 1.29 is 19.1 Å². The lowest BCUT2D eigenvalue weighted by Crippen LogP contribution is -2.50. The Morgan fingerprint density at radius 3 is 2.42 bits per heavy atom. The van der Waals surface area contributed by atoms with Crippen molar-refractivity contribution in [2.24, 2.45) is 4.99 Å². The molecule has 0 radical (unpaired) electrons. The van der Waals surface area contributed by atoms with Gasteiger partial charge in [0.25, 0.3) is 0 Å². The van der Waals surface area contributed by atoms with Gasteiger partial charge in [-0.25, -0.2) is 0 Å². The number of nitrogens with zero attached hydrogens (tertiary/aromatic N) is 1. The van der Waals surface area contributed by atoms with Crippen LogP contribution in [0, 0.1) is 0 Å². The minimum atomic E-state index is -0.527. The monoisotopic (exact) mass is 451 g/mol. The van der Waals surface area contributed by atoms with E-state index in [9.17, 15) is 9.59 Å². The van der Waals surface area contributed by atoms with Gasteiger partial charge in [0.15, 0.2) is 11.5 Å². The zero-order chi connectivity index (χ0) is 23.8. The molecule has 0 aromatic heterocycles. The highest BCUT2D eigenvalue weighted by Crippen LogP contribution is 2.29. The van der Waals surface area contributed by atoms with Crippen molar-refractivity contribution in [2.75, 3.05) is 19.5 Å². The van der Waals surface area contributed by atoms with Gasteiger partial charge in [0.1, 0.15) is 6.04 Å². The van der Waals surface area contributed by atoms with Crippen LogP contribution in [0.1, 0.15) is 50.7 Å². The van der Waals surface area contributed by atoms with Gasteiger partial charge < -0.3 is 20.1 Å². The Labute approximate surface area is 195 Å². The summed E-state index contributed by atoms with van der Waals surface area (Å²) in [5, 5.41) is 6.02. The summed E-state index contributed by atoms with van der Waals surface area (Å²) in [6.07, 6.45) is 3.59. The summed E-state index contributed by atoms with van der Waals surface area (Å²) in [4.78, 5) is 29.5. The molecule has 2 aromatic rings. The van der Waals surface area contributed by atoms with E-state index in [1.807, 2.05) is 49.4 Å². The number of anilines is 1. The lowest BCUT2D eigenvalue weighted by molar-refractivity contribution is -0.123. The number of amides is 2. The molecular formula is C26H33N3O4. The van der Waals surface area contributed by atoms with Crippen molar-refractivity contribution in [2.45, 2.75) is 58.0 Å². The van der Waals surface area contributed by atoms with Crippen molar-refractivity contribution in [1.29, 1.82) is 0 Å². The molecule has 2 unspecified atom stereocenters. The van der Waals surface area contributed by atoms with E-state index >= 15 is 0 Å². The smallest absolute Gasteiger partial charge is 0.245 e. The number of unbranched alkanes of at least 4 members (excludes halogenated alkanes) is 1. The third-order valence-electron chi connectivity index (χ3n) is 5.76. The van der Waals surface area contributed by atoms with Gasteiger partial charge in [0.2, 0.25) is 11.8 Å². The number of benzene rings is 2. The second kappa shape index (κ2) is 11.5. The Morgan fingerprint density at radius 2 is 1.79 bits per heavy atom. The normalized spacial score (nSPS) is 17.7. The third-order valence-corrected chi connectivity index (χ3v) is 5.76. The van der Waals surface area contributed by atoms with Crippen LogP contribution in [-0.2, 0) is 16.0 Å². The summed E-state index contributed by atoms with van der Waals surface area (Å²) >= 11 is 0. The molecule has 2 atom stereocenters. The van der Waals surface area contributed by atoms with Gasteiger partial charge in [0.05, 0.1) is 26.0 Å². The molecule has 0 saturated carbocycles. The summed E-state index contributed by atoms with van der Waals surface area (Å²) in [6.45, 7) is 4.08. The molecule has 1 aliphatic heterocycles. The summed E-state index contributed by atoms with van der Waals surface area (Å²) < 4.78 is 10.8. The fourth-order valence-electron chi connectivity index (χ4n) is 3.87. The molecular weight excluding hydrogens is 418 g/mol. The molecule has 0 fully saturated rings. The topological polar surface area (TPSA) is 89.0 Å². The Balaban J connectivity index is 1.78. The first-order chi connectivity index (χ1) is 16.0. The van der Waals surface area contributed by atoms with Crippen LogP contribution in [0.2, 0.25) is 0 Å². The fraction of sp³-hybridized carbons (Fsp3) is 0.423. The van der Waals surface area contributed by atoms with Gasteiger partial charge in [-0.2, -0.15) is 0 Å². The van der Waals surface area contributed by atoms with E-state index < -0.39 is 6.04 Å². The van der Waals surface area contributed by atoms with Gasteiger partial charge in [-0.3, -0.25) is 14.6 Å². The van der Waals surface area contributed by atoms with E-state index in [1.165, 1.54) is 0 Å². The average molecular weight is 452 g/mol. The number of hydrogen-bond acceptors (Lipinski definition) is 5. The minimum Gasteiger partial charge on any atom is -0.493 e. The Morgan fingerprint density at radius 1 is 1.06 bits per heavy atom. The zero-order valence-electron chi connectivity index (χ0n) is 19.8. The van der Waals surface area contributed by atoms with Crippen molar-refractivity contribution in [3.63, 3.8) is 0 Å². The van der Waals surface area contributed by atoms with Crippen molar-refractivity contribution in [3.05, 3.63) is 53.6 Å². The second-order valence-electron chi connectivity index (χ2n) is 8.12. The van der Waals surface area contributed by atoms with Crippen molar-refractivity contribution >= 4 is 23.2 Å². The molecule has 3 rings (SSSR count). The highest BCUT2D eigenvalue weighted by Gasteiger charge is 2.30. The van der Waals surface area contributed by atoms with Gasteiger partial charge in [0, 0.05) is 24.1 Å². The summed E-state index contributed by atoms with van der Waals surface area (Å²) in [5.41, 5.74) is 3.47. The predicted molar refractivity (Wildman–Crippen MR) is 130 cm³/mol. The van der Waals surface area contributed by atoms with Crippen LogP contribution in [0.3, 0.4) is 0 Å². The molecule has 0 spiro atoms. The maximum atomic E-state index is 12.8. The molecule has 7 heteroatoms. The number of ether oxygens (including phenoxy) is 2. The minimum absolute atomic E-state index is 0.0195. The lowest BCUT2D eigenvalue weighted by atomic mass is 9.95. The van der Waals surface area contributed by atoms with Crippen LogP contribution in [0.25, 0.3) is 0 Å². The van der Waals surface area contributed by atoms with Crippen LogP contribution < -0.4 is 20.1 Å². The van der Waals surface area contributed by atoms with Gasteiger partial charge in [-0.05, 0) is 48.7 Å². The van der Waals surface area contributed by atoms with Crippen LogP contribution in [-0.4, -0.2) is 43.8 Å². The number of methoxy groups -OCH3 is 2. The standard InChI is InChI=1S/C26H33N3O4/c1-5-7-8-24(30)27-19-12-9-17(10-13-19)15-21-26(31)29-20(6-2)25(28-21)18-11-14-22(32-3)23(16-18)33-4/h9-14,16,20-21H,5-8,15H2,1-4H3,(H,27,30)(H,29,31). The average Bonchev–Trinajstić information content (AvgIpc) is 2.84. The molecule has 0 bridgehead atoms. The SMILES string of the molecule is CCCCC(=O)Nc1ccc(CC2N=C(c3ccc(OC)c(OC)c3)C(CC)NC2=O)cc1. The number of rotatable bonds is 10.